The Bertz CT molecular complexity index is 610. The van der Waals surface area contributed by atoms with Crippen molar-refractivity contribution in [1.29, 1.82) is 0 Å². The number of hydrogen-bond donors (Lipinski definition) is 2. The van der Waals surface area contributed by atoms with Gasteiger partial charge in [-0.25, -0.2) is 4.98 Å². The zero-order chi connectivity index (χ0) is 13.8. The van der Waals surface area contributed by atoms with E-state index < -0.39 is 0 Å². The summed E-state index contributed by atoms with van der Waals surface area (Å²) in [5, 5.41) is 3.24. The SMILES string of the molecule is Cc1cccc(CNc2nccc(C)c2C(N)=S)n1. The van der Waals surface area contributed by atoms with Crippen LogP contribution in [0.4, 0.5) is 5.82 Å². The largest absolute Gasteiger partial charge is 0.389 e. The third-order valence-corrected chi connectivity index (χ3v) is 2.99. The van der Waals surface area contributed by atoms with E-state index in [0.717, 1.165) is 22.5 Å². The molecule has 0 aliphatic heterocycles. The Morgan fingerprint density at radius 2 is 2.11 bits per heavy atom. The lowest BCUT2D eigenvalue weighted by Crippen LogP contribution is -2.16. The molecule has 2 heterocycles. The lowest BCUT2D eigenvalue weighted by molar-refractivity contribution is 1.00. The predicted molar refractivity (Wildman–Crippen MR) is 81.2 cm³/mol. The Morgan fingerprint density at radius 3 is 2.79 bits per heavy atom. The third-order valence-electron chi connectivity index (χ3n) is 2.79. The molecule has 98 valence electrons. The van der Waals surface area contributed by atoms with Crippen LogP contribution in [0.2, 0.25) is 0 Å². The molecule has 0 aliphatic carbocycles. The van der Waals surface area contributed by atoms with E-state index in [-0.39, 0.29) is 0 Å². The van der Waals surface area contributed by atoms with Crippen molar-refractivity contribution in [1.82, 2.24) is 9.97 Å². The zero-order valence-corrected chi connectivity index (χ0v) is 11.8. The van der Waals surface area contributed by atoms with E-state index in [1.807, 2.05) is 38.1 Å². The first-order valence-corrected chi connectivity index (χ1v) is 6.40. The van der Waals surface area contributed by atoms with Gasteiger partial charge in [0.2, 0.25) is 0 Å². The van der Waals surface area contributed by atoms with Crippen molar-refractivity contribution in [2.45, 2.75) is 20.4 Å². The number of nitrogens with zero attached hydrogens (tertiary/aromatic N) is 2. The second-order valence-corrected chi connectivity index (χ2v) is 4.78. The molecule has 2 rings (SSSR count). The summed E-state index contributed by atoms with van der Waals surface area (Å²) >= 11 is 5.07. The summed E-state index contributed by atoms with van der Waals surface area (Å²) in [6.45, 7) is 4.52. The quantitative estimate of drug-likeness (QED) is 0.836. The molecule has 0 aromatic carbocycles. The summed E-state index contributed by atoms with van der Waals surface area (Å²) in [7, 11) is 0. The average Bonchev–Trinajstić information content (AvgIpc) is 2.36. The van der Waals surface area contributed by atoms with Gasteiger partial charge in [0.1, 0.15) is 10.8 Å². The highest BCUT2D eigenvalue weighted by Crippen LogP contribution is 2.17. The Kier molecular flexibility index (Phi) is 4.06. The van der Waals surface area contributed by atoms with Gasteiger partial charge in [0.25, 0.3) is 0 Å². The number of pyridine rings is 2. The number of aryl methyl sites for hydroxylation is 2. The summed E-state index contributed by atoms with van der Waals surface area (Å²) in [5.74, 6) is 0.704. The van der Waals surface area contributed by atoms with Crippen molar-refractivity contribution in [3.05, 3.63) is 53.0 Å². The summed E-state index contributed by atoms with van der Waals surface area (Å²) in [6.07, 6.45) is 1.74. The lowest BCUT2D eigenvalue weighted by atomic mass is 10.1. The molecule has 3 N–H and O–H groups in total. The van der Waals surface area contributed by atoms with Crippen LogP contribution in [0.5, 0.6) is 0 Å². The van der Waals surface area contributed by atoms with Crippen LogP contribution in [0.1, 0.15) is 22.5 Å². The van der Waals surface area contributed by atoms with E-state index in [0.29, 0.717) is 17.4 Å². The molecule has 4 nitrogen and oxygen atoms in total. The van der Waals surface area contributed by atoms with E-state index in [9.17, 15) is 0 Å². The molecule has 0 saturated carbocycles. The van der Waals surface area contributed by atoms with Gasteiger partial charge in [-0.3, -0.25) is 4.98 Å². The van der Waals surface area contributed by atoms with Crippen molar-refractivity contribution in [2.75, 3.05) is 5.32 Å². The van der Waals surface area contributed by atoms with Gasteiger partial charge in [0, 0.05) is 11.9 Å². The van der Waals surface area contributed by atoms with Crippen LogP contribution < -0.4 is 11.1 Å². The zero-order valence-electron chi connectivity index (χ0n) is 11.0. The van der Waals surface area contributed by atoms with Gasteiger partial charge >= 0.3 is 0 Å². The first-order valence-electron chi connectivity index (χ1n) is 5.99. The molecule has 0 aliphatic rings. The van der Waals surface area contributed by atoms with Gasteiger partial charge in [-0.1, -0.05) is 18.3 Å². The molecular weight excluding hydrogens is 256 g/mol. The first-order chi connectivity index (χ1) is 9.08. The van der Waals surface area contributed by atoms with Crippen LogP contribution in [0.3, 0.4) is 0 Å². The lowest BCUT2D eigenvalue weighted by Gasteiger charge is -2.12. The minimum absolute atomic E-state index is 0.352. The van der Waals surface area contributed by atoms with Crippen molar-refractivity contribution >= 4 is 23.0 Å². The van der Waals surface area contributed by atoms with Gasteiger partial charge in [-0.15, -0.1) is 0 Å². The molecule has 0 radical (unpaired) electrons. The second-order valence-electron chi connectivity index (χ2n) is 4.34. The van der Waals surface area contributed by atoms with Gasteiger partial charge in [0.05, 0.1) is 17.8 Å². The molecule has 0 bridgehead atoms. The molecule has 0 fully saturated rings. The molecule has 5 heteroatoms. The smallest absolute Gasteiger partial charge is 0.136 e. The summed E-state index contributed by atoms with van der Waals surface area (Å²) < 4.78 is 0. The number of thiocarbonyl (C=S) groups is 1. The maximum absolute atomic E-state index is 5.74. The number of hydrogen-bond acceptors (Lipinski definition) is 4. The first kappa shape index (κ1) is 13.4. The van der Waals surface area contributed by atoms with Crippen LogP contribution in [0.25, 0.3) is 0 Å². The Hall–Kier alpha value is -2.01. The number of nitrogens with one attached hydrogen (secondary N) is 1. The maximum Gasteiger partial charge on any atom is 0.136 e. The van der Waals surface area contributed by atoms with Crippen LogP contribution in [0, 0.1) is 13.8 Å². The van der Waals surface area contributed by atoms with Crippen molar-refractivity contribution in [3.8, 4) is 0 Å². The molecule has 0 unspecified atom stereocenters. The van der Waals surface area contributed by atoms with Crippen molar-refractivity contribution < 1.29 is 0 Å². The molecule has 0 amide bonds. The summed E-state index contributed by atoms with van der Waals surface area (Å²) in [4.78, 5) is 9.07. The van der Waals surface area contributed by atoms with Gasteiger partial charge in [-0.05, 0) is 37.6 Å². The Balaban J connectivity index is 2.20. The van der Waals surface area contributed by atoms with Crippen LogP contribution in [0.15, 0.2) is 30.5 Å². The van der Waals surface area contributed by atoms with Gasteiger partial charge < -0.3 is 11.1 Å². The van der Waals surface area contributed by atoms with E-state index in [2.05, 4.69) is 15.3 Å². The molecule has 0 atom stereocenters. The molecule has 2 aromatic heterocycles. The Labute approximate surface area is 118 Å². The maximum atomic E-state index is 5.74. The highest BCUT2D eigenvalue weighted by molar-refractivity contribution is 7.80. The minimum Gasteiger partial charge on any atom is -0.389 e. The molecular formula is C14H16N4S. The van der Waals surface area contributed by atoms with Crippen molar-refractivity contribution in [2.24, 2.45) is 5.73 Å². The summed E-state index contributed by atoms with van der Waals surface area (Å²) in [5.41, 5.74) is 9.50. The Morgan fingerprint density at radius 1 is 1.32 bits per heavy atom. The number of aromatic nitrogens is 2. The monoisotopic (exact) mass is 272 g/mol. The average molecular weight is 272 g/mol. The van der Waals surface area contributed by atoms with Crippen LogP contribution in [-0.2, 0) is 6.54 Å². The predicted octanol–water partition coefficient (Wildman–Crippen LogP) is 2.34. The van der Waals surface area contributed by atoms with E-state index in [1.54, 1.807) is 6.20 Å². The summed E-state index contributed by atoms with van der Waals surface area (Å²) in [6, 6.07) is 7.81. The normalized spacial score (nSPS) is 10.2. The third kappa shape index (κ3) is 3.26. The fourth-order valence-electron chi connectivity index (χ4n) is 1.88. The molecule has 19 heavy (non-hydrogen) atoms. The van der Waals surface area contributed by atoms with E-state index >= 15 is 0 Å². The van der Waals surface area contributed by atoms with Crippen molar-refractivity contribution in [3.63, 3.8) is 0 Å². The van der Waals surface area contributed by atoms with Gasteiger partial charge in [0.15, 0.2) is 0 Å². The van der Waals surface area contributed by atoms with Crippen LogP contribution >= 0.6 is 12.2 Å². The van der Waals surface area contributed by atoms with Crippen LogP contribution in [-0.4, -0.2) is 15.0 Å². The minimum atomic E-state index is 0.352. The topological polar surface area (TPSA) is 63.8 Å². The fourth-order valence-corrected chi connectivity index (χ4v) is 2.13. The molecule has 0 saturated heterocycles. The number of anilines is 1. The fraction of sp³-hybridized carbons (Fsp3) is 0.214. The highest BCUT2D eigenvalue weighted by Gasteiger charge is 2.09. The van der Waals surface area contributed by atoms with Gasteiger partial charge in [-0.2, -0.15) is 0 Å². The standard InChI is InChI=1S/C14H16N4S/c1-9-6-7-16-14(12(9)13(15)19)17-8-11-5-3-4-10(2)18-11/h3-7H,8H2,1-2H3,(H2,15,19)(H,16,17). The van der Waals surface area contributed by atoms with E-state index in [1.165, 1.54) is 0 Å². The highest BCUT2D eigenvalue weighted by atomic mass is 32.1. The molecule has 2 aromatic rings. The molecule has 0 spiro atoms. The second kappa shape index (κ2) is 5.75. The van der Waals surface area contributed by atoms with E-state index in [4.69, 9.17) is 18.0 Å². The number of rotatable bonds is 4. The number of nitrogens with two attached hydrogens (primary N) is 1.